The van der Waals surface area contributed by atoms with Crippen molar-refractivity contribution in [2.75, 3.05) is 0 Å². The highest BCUT2D eigenvalue weighted by atomic mass is 16.6. The number of carbonyl (C=O) groups is 2. The predicted octanol–water partition coefficient (Wildman–Crippen LogP) is 6.98. The van der Waals surface area contributed by atoms with Crippen LogP contribution in [0.3, 0.4) is 0 Å². The molecule has 0 bridgehead atoms. The summed E-state index contributed by atoms with van der Waals surface area (Å²) in [6.07, 6.45) is 4.52. The van der Waals surface area contributed by atoms with Crippen molar-refractivity contribution in [3.63, 3.8) is 0 Å². The number of aromatic nitrogens is 1. The number of esters is 1. The van der Waals surface area contributed by atoms with Crippen LogP contribution in [0.2, 0.25) is 0 Å². The molecular formula is C32H36N2O6. The van der Waals surface area contributed by atoms with Crippen molar-refractivity contribution in [1.82, 2.24) is 10.3 Å². The van der Waals surface area contributed by atoms with Crippen LogP contribution in [0.4, 0.5) is 4.79 Å². The monoisotopic (exact) mass is 544 g/mol. The molecule has 4 rings (SSSR count). The quantitative estimate of drug-likeness (QED) is 0.239. The van der Waals surface area contributed by atoms with Gasteiger partial charge >= 0.3 is 12.1 Å². The lowest BCUT2D eigenvalue weighted by atomic mass is 9.99. The number of carbonyl (C=O) groups excluding carboxylic acids is 2. The maximum atomic E-state index is 12.4. The van der Waals surface area contributed by atoms with E-state index in [-0.39, 0.29) is 19.0 Å². The van der Waals surface area contributed by atoms with E-state index in [1.165, 1.54) is 0 Å². The van der Waals surface area contributed by atoms with Crippen molar-refractivity contribution in [3.8, 4) is 16.9 Å². The van der Waals surface area contributed by atoms with Crippen molar-refractivity contribution in [3.05, 3.63) is 83.9 Å². The van der Waals surface area contributed by atoms with Crippen LogP contribution in [0.5, 0.6) is 5.75 Å². The number of benzene rings is 2. The Kier molecular flexibility index (Phi) is 8.47. The molecule has 4 aromatic rings. The van der Waals surface area contributed by atoms with Crippen molar-refractivity contribution in [2.24, 2.45) is 0 Å². The third-order valence-corrected chi connectivity index (χ3v) is 5.69. The number of pyridine rings is 1. The van der Waals surface area contributed by atoms with Gasteiger partial charge in [0.15, 0.2) is 0 Å². The standard InChI is InChI=1S/C32H36N2O6/c1-31(2,3)39-28(35)17-25-19-33-12-10-27(25)38-20-22-15-24-11-13-37-29(24)26(16-22)23-9-7-8-21(14-23)18-34-30(36)40-32(4,5)6/h7-16,19H,17-18,20H2,1-6H3,(H,34,36). The van der Waals surface area contributed by atoms with Gasteiger partial charge in [0.05, 0.1) is 12.7 Å². The van der Waals surface area contributed by atoms with E-state index in [0.29, 0.717) is 17.9 Å². The fraction of sp³-hybridized carbons (Fsp3) is 0.344. The third kappa shape index (κ3) is 8.09. The van der Waals surface area contributed by atoms with E-state index >= 15 is 0 Å². The summed E-state index contributed by atoms with van der Waals surface area (Å²) in [6, 6.07) is 15.6. The van der Waals surface area contributed by atoms with Gasteiger partial charge < -0.3 is 23.9 Å². The largest absolute Gasteiger partial charge is 0.488 e. The number of amides is 1. The van der Waals surface area contributed by atoms with Gasteiger partial charge in [-0.2, -0.15) is 0 Å². The highest BCUT2D eigenvalue weighted by Gasteiger charge is 2.19. The summed E-state index contributed by atoms with van der Waals surface area (Å²) in [5.74, 6) is 0.235. The van der Waals surface area contributed by atoms with Gasteiger partial charge in [0, 0.05) is 35.5 Å². The fourth-order valence-corrected chi connectivity index (χ4v) is 4.16. The predicted molar refractivity (Wildman–Crippen MR) is 153 cm³/mol. The molecule has 0 saturated heterocycles. The maximum Gasteiger partial charge on any atom is 0.407 e. The molecule has 0 aliphatic rings. The lowest BCUT2D eigenvalue weighted by molar-refractivity contribution is -0.153. The van der Waals surface area contributed by atoms with Crippen LogP contribution in [0.1, 0.15) is 58.2 Å². The van der Waals surface area contributed by atoms with Crippen LogP contribution >= 0.6 is 0 Å². The van der Waals surface area contributed by atoms with Gasteiger partial charge in [-0.1, -0.05) is 18.2 Å². The molecule has 0 fully saturated rings. The lowest BCUT2D eigenvalue weighted by Gasteiger charge is -2.20. The second-order valence-corrected chi connectivity index (χ2v) is 11.6. The van der Waals surface area contributed by atoms with Crippen LogP contribution < -0.4 is 10.1 Å². The first kappa shape index (κ1) is 28.7. The summed E-state index contributed by atoms with van der Waals surface area (Å²) >= 11 is 0. The molecule has 2 aromatic carbocycles. The van der Waals surface area contributed by atoms with Crippen LogP contribution in [-0.2, 0) is 33.8 Å². The summed E-state index contributed by atoms with van der Waals surface area (Å²) in [7, 11) is 0. The molecule has 0 aliphatic carbocycles. The van der Waals surface area contributed by atoms with Gasteiger partial charge in [-0.15, -0.1) is 0 Å². The minimum Gasteiger partial charge on any atom is -0.488 e. The molecule has 1 amide bonds. The van der Waals surface area contributed by atoms with E-state index in [1.807, 2.05) is 84.0 Å². The third-order valence-electron chi connectivity index (χ3n) is 5.69. The molecule has 0 aliphatic heterocycles. The van der Waals surface area contributed by atoms with Gasteiger partial charge in [0.2, 0.25) is 0 Å². The number of ether oxygens (including phenoxy) is 3. The normalized spacial score (nSPS) is 11.8. The number of furan rings is 1. The molecular weight excluding hydrogens is 508 g/mol. The molecule has 210 valence electrons. The number of fused-ring (bicyclic) bond motifs is 1. The zero-order valence-electron chi connectivity index (χ0n) is 23.9. The summed E-state index contributed by atoms with van der Waals surface area (Å²) in [6.45, 7) is 11.6. The molecule has 0 saturated carbocycles. The van der Waals surface area contributed by atoms with E-state index in [0.717, 1.165) is 33.2 Å². The average Bonchev–Trinajstić information content (AvgIpc) is 3.33. The van der Waals surface area contributed by atoms with E-state index in [1.54, 1.807) is 24.7 Å². The molecule has 2 aromatic heterocycles. The topological polar surface area (TPSA) is 99.9 Å². The summed E-state index contributed by atoms with van der Waals surface area (Å²) in [5.41, 5.74) is 3.99. The molecule has 0 spiro atoms. The van der Waals surface area contributed by atoms with Crippen LogP contribution in [0.15, 0.2) is 71.6 Å². The SMILES string of the molecule is CC(C)(C)OC(=O)Cc1cnccc1OCc1cc(-c2cccc(CNC(=O)OC(C)(C)C)c2)c2occc2c1. The van der Waals surface area contributed by atoms with Crippen molar-refractivity contribution >= 4 is 23.0 Å². The highest BCUT2D eigenvalue weighted by Crippen LogP contribution is 2.32. The summed E-state index contributed by atoms with van der Waals surface area (Å²) in [4.78, 5) is 28.7. The second-order valence-electron chi connectivity index (χ2n) is 11.6. The van der Waals surface area contributed by atoms with Gasteiger partial charge in [-0.25, -0.2) is 4.79 Å². The number of nitrogens with zero attached hydrogens (tertiary/aromatic N) is 1. The minimum atomic E-state index is -0.570. The van der Waals surface area contributed by atoms with Crippen LogP contribution in [-0.4, -0.2) is 28.2 Å². The fourth-order valence-electron chi connectivity index (χ4n) is 4.16. The number of hydrogen-bond donors (Lipinski definition) is 1. The van der Waals surface area contributed by atoms with Crippen molar-refractivity contribution < 1.29 is 28.2 Å². The first-order chi connectivity index (χ1) is 18.9. The molecule has 1 N–H and O–H groups in total. The molecule has 0 radical (unpaired) electrons. The zero-order chi connectivity index (χ0) is 28.9. The van der Waals surface area contributed by atoms with Crippen molar-refractivity contribution in [1.29, 1.82) is 0 Å². The Hall–Kier alpha value is -4.33. The maximum absolute atomic E-state index is 12.4. The van der Waals surface area contributed by atoms with E-state index in [2.05, 4.69) is 10.3 Å². The van der Waals surface area contributed by atoms with Crippen LogP contribution in [0.25, 0.3) is 22.1 Å². The average molecular weight is 545 g/mol. The Morgan fingerprint density at radius 2 is 1.70 bits per heavy atom. The highest BCUT2D eigenvalue weighted by molar-refractivity contribution is 5.93. The van der Waals surface area contributed by atoms with Gasteiger partial charge in [0.1, 0.15) is 29.1 Å². The molecule has 2 heterocycles. The van der Waals surface area contributed by atoms with Crippen molar-refractivity contribution in [2.45, 2.75) is 72.3 Å². The number of nitrogens with one attached hydrogen (secondary N) is 1. The van der Waals surface area contributed by atoms with Gasteiger partial charge in [-0.3, -0.25) is 9.78 Å². The second kappa shape index (κ2) is 11.8. The molecule has 8 heteroatoms. The Balaban J connectivity index is 1.52. The first-order valence-electron chi connectivity index (χ1n) is 13.2. The minimum absolute atomic E-state index is 0.0661. The number of alkyl carbamates (subject to hydrolysis) is 1. The number of hydrogen-bond acceptors (Lipinski definition) is 7. The smallest absolute Gasteiger partial charge is 0.407 e. The molecule has 40 heavy (non-hydrogen) atoms. The molecule has 8 nitrogen and oxygen atoms in total. The molecule has 0 unspecified atom stereocenters. The van der Waals surface area contributed by atoms with E-state index in [4.69, 9.17) is 18.6 Å². The van der Waals surface area contributed by atoms with E-state index in [9.17, 15) is 9.59 Å². The Morgan fingerprint density at radius 3 is 2.45 bits per heavy atom. The number of rotatable bonds is 8. The Morgan fingerprint density at radius 1 is 0.925 bits per heavy atom. The summed E-state index contributed by atoms with van der Waals surface area (Å²) in [5, 5.41) is 3.75. The Labute approximate surface area is 234 Å². The zero-order valence-corrected chi connectivity index (χ0v) is 23.9. The van der Waals surface area contributed by atoms with Gasteiger partial charge in [-0.05, 0) is 88.6 Å². The van der Waals surface area contributed by atoms with Gasteiger partial charge in [0.25, 0.3) is 0 Å². The van der Waals surface area contributed by atoms with E-state index < -0.39 is 17.3 Å². The first-order valence-corrected chi connectivity index (χ1v) is 13.2. The Bertz CT molecular complexity index is 1490. The lowest BCUT2D eigenvalue weighted by Crippen LogP contribution is -2.32. The molecule has 0 atom stereocenters. The summed E-state index contributed by atoms with van der Waals surface area (Å²) < 4.78 is 22.8. The van der Waals surface area contributed by atoms with Crippen LogP contribution in [0, 0.1) is 0 Å².